The van der Waals surface area contributed by atoms with Crippen molar-refractivity contribution in [3.8, 4) is 0 Å². The summed E-state index contributed by atoms with van der Waals surface area (Å²) in [4.78, 5) is 3.79. The lowest BCUT2D eigenvalue weighted by atomic mass is 9.81. The van der Waals surface area contributed by atoms with Gasteiger partial charge in [0.1, 0.15) is 0 Å². The van der Waals surface area contributed by atoms with E-state index < -0.39 is 0 Å². The van der Waals surface area contributed by atoms with Gasteiger partial charge in [0.15, 0.2) is 0 Å². The van der Waals surface area contributed by atoms with Gasteiger partial charge in [0.2, 0.25) is 0 Å². The van der Waals surface area contributed by atoms with Gasteiger partial charge in [-0.05, 0) is 62.1 Å². The Kier molecular flexibility index (Phi) is 4.47. The van der Waals surface area contributed by atoms with Crippen LogP contribution in [0.2, 0.25) is 5.02 Å². The first-order valence-electron chi connectivity index (χ1n) is 8.96. The van der Waals surface area contributed by atoms with Crippen LogP contribution in [0.4, 0.5) is 0 Å². The van der Waals surface area contributed by atoms with E-state index in [1.807, 2.05) is 11.8 Å². The van der Waals surface area contributed by atoms with E-state index in [0.717, 1.165) is 31.0 Å². The molecule has 4 rings (SSSR count). The maximum absolute atomic E-state index is 6.45. The van der Waals surface area contributed by atoms with Crippen molar-refractivity contribution in [1.82, 2.24) is 4.90 Å². The third-order valence-electron chi connectivity index (χ3n) is 5.66. The molecule has 2 heterocycles. The van der Waals surface area contributed by atoms with Gasteiger partial charge in [-0.2, -0.15) is 0 Å². The Morgan fingerprint density at radius 2 is 1.72 bits per heavy atom. The van der Waals surface area contributed by atoms with Gasteiger partial charge in [0.05, 0.1) is 4.75 Å². The van der Waals surface area contributed by atoms with Gasteiger partial charge in [-0.15, -0.1) is 11.8 Å². The molecule has 0 amide bonds. The lowest BCUT2D eigenvalue weighted by molar-refractivity contribution is 0.312. The van der Waals surface area contributed by atoms with Crippen molar-refractivity contribution in [1.29, 1.82) is 0 Å². The number of rotatable bonds is 1. The van der Waals surface area contributed by atoms with Crippen molar-refractivity contribution in [2.75, 3.05) is 20.1 Å². The summed E-state index contributed by atoms with van der Waals surface area (Å²) >= 11 is 8.43. The van der Waals surface area contributed by atoms with E-state index in [1.165, 1.54) is 27.2 Å². The second-order valence-corrected chi connectivity index (χ2v) is 9.17. The van der Waals surface area contributed by atoms with Crippen molar-refractivity contribution >= 4 is 28.9 Å². The summed E-state index contributed by atoms with van der Waals surface area (Å²) in [6.45, 7) is 6.84. The fourth-order valence-electron chi connectivity index (χ4n) is 4.13. The van der Waals surface area contributed by atoms with E-state index in [-0.39, 0.29) is 4.75 Å². The number of likely N-dealkylation sites (tertiary alicyclic amines) is 1. The third kappa shape index (κ3) is 2.85. The zero-order valence-corrected chi connectivity index (χ0v) is 16.7. The van der Waals surface area contributed by atoms with E-state index in [1.54, 1.807) is 5.57 Å². The highest BCUT2D eigenvalue weighted by atomic mass is 35.5. The molecule has 0 aliphatic carbocycles. The van der Waals surface area contributed by atoms with E-state index in [0.29, 0.717) is 0 Å². The summed E-state index contributed by atoms with van der Waals surface area (Å²) in [7, 11) is 2.22. The molecule has 0 saturated carbocycles. The van der Waals surface area contributed by atoms with Crippen LogP contribution in [0.25, 0.3) is 5.57 Å². The van der Waals surface area contributed by atoms with Crippen molar-refractivity contribution < 1.29 is 0 Å². The largest absolute Gasteiger partial charge is 0.306 e. The number of halogens is 1. The summed E-state index contributed by atoms with van der Waals surface area (Å²) in [5, 5.41) is 0.872. The van der Waals surface area contributed by atoms with Crippen LogP contribution in [-0.4, -0.2) is 25.0 Å². The number of hydrogen-bond acceptors (Lipinski definition) is 2. The van der Waals surface area contributed by atoms with Crippen LogP contribution in [-0.2, 0) is 4.75 Å². The van der Waals surface area contributed by atoms with Crippen LogP contribution in [0.15, 0.2) is 52.9 Å². The van der Waals surface area contributed by atoms with Gasteiger partial charge >= 0.3 is 0 Å². The minimum Gasteiger partial charge on any atom is -0.306 e. The Labute approximate surface area is 160 Å². The molecule has 2 aliphatic heterocycles. The molecule has 0 bridgehead atoms. The lowest BCUT2D eigenvalue weighted by Gasteiger charge is -2.32. The third-order valence-corrected chi connectivity index (χ3v) is 7.65. The predicted octanol–water partition coefficient (Wildman–Crippen LogP) is 6.15. The highest BCUT2D eigenvalue weighted by molar-refractivity contribution is 8.01. The Bertz CT molecular complexity index is 833. The maximum atomic E-state index is 6.45. The highest BCUT2D eigenvalue weighted by Crippen LogP contribution is 2.61. The Balaban J connectivity index is 1.93. The topological polar surface area (TPSA) is 3.24 Å². The number of hydrogen-bond donors (Lipinski definition) is 0. The second kappa shape index (κ2) is 6.50. The standard InChI is InChI=1S/C22H24ClNS/c1-15-19(23)10-9-18-20(16-11-13-24(3)14-12-16)22(2,25-21(15)18)17-7-5-4-6-8-17/h4-10H,11-14H2,1-3H3. The predicted molar refractivity (Wildman–Crippen MR) is 109 cm³/mol. The molecule has 0 N–H and O–H groups in total. The molecule has 1 nitrogen and oxygen atoms in total. The molecule has 0 aromatic heterocycles. The van der Waals surface area contributed by atoms with Crippen molar-refractivity contribution in [2.45, 2.75) is 36.3 Å². The van der Waals surface area contributed by atoms with Gasteiger partial charge in [-0.25, -0.2) is 0 Å². The van der Waals surface area contributed by atoms with Crippen molar-refractivity contribution in [3.63, 3.8) is 0 Å². The number of nitrogens with zero attached hydrogens (tertiary/aromatic N) is 1. The molecule has 2 aromatic rings. The molecule has 3 heteroatoms. The van der Waals surface area contributed by atoms with Crippen LogP contribution < -0.4 is 0 Å². The maximum Gasteiger partial charge on any atom is 0.0682 e. The lowest BCUT2D eigenvalue weighted by Crippen LogP contribution is -2.28. The first kappa shape index (κ1) is 17.2. The zero-order chi connectivity index (χ0) is 17.6. The van der Waals surface area contributed by atoms with Crippen LogP contribution in [0.3, 0.4) is 0 Å². The van der Waals surface area contributed by atoms with E-state index in [2.05, 4.69) is 68.3 Å². The van der Waals surface area contributed by atoms with Crippen LogP contribution in [0.5, 0.6) is 0 Å². The minimum absolute atomic E-state index is 0.0374. The Hall–Kier alpha value is -1.22. The van der Waals surface area contributed by atoms with Crippen molar-refractivity contribution in [3.05, 3.63) is 69.8 Å². The first-order chi connectivity index (χ1) is 12.0. The van der Waals surface area contributed by atoms with Crippen LogP contribution in [0, 0.1) is 6.92 Å². The van der Waals surface area contributed by atoms with Crippen LogP contribution in [0.1, 0.15) is 36.5 Å². The van der Waals surface area contributed by atoms with Gasteiger partial charge in [0, 0.05) is 23.0 Å². The molecule has 1 atom stereocenters. The SMILES string of the molecule is Cc1c(Cl)ccc2c1SC(C)(c1ccccc1)C2=C1CCN(C)CC1. The molecule has 0 spiro atoms. The summed E-state index contributed by atoms with van der Waals surface area (Å²) < 4.78 is -0.0374. The van der Waals surface area contributed by atoms with E-state index >= 15 is 0 Å². The summed E-state index contributed by atoms with van der Waals surface area (Å²) in [5.74, 6) is 0. The molecule has 0 radical (unpaired) electrons. The molecule has 130 valence electrons. The molecular weight excluding hydrogens is 346 g/mol. The fraction of sp³-hybridized carbons (Fsp3) is 0.364. The van der Waals surface area contributed by atoms with Gasteiger partial charge in [-0.3, -0.25) is 0 Å². The monoisotopic (exact) mass is 369 g/mol. The summed E-state index contributed by atoms with van der Waals surface area (Å²) in [5.41, 5.74) is 7.16. The fourth-order valence-corrected chi connectivity index (χ4v) is 5.91. The average molecular weight is 370 g/mol. The van der Waals surface area contributed by atoms with Gasteiger partial charge in [-0.1, -0.05) is 53.6 Å². The number of piperidine rings is 1. The van der Waals surface area contributed by atoms with Crippen molar-refractivity contribution in [2.24, 2.45) is 0 Å². The molecule has 1 unspecified atom stereocenters. The first-order valence-corrected chi connectivity index (χ1v) is 10.1. The highest BCUT2D eigenvalue weighted by Gasteiger charge is 2.43. The molecule has 2 aromatic carbocycles. The summed E-state index contributed by atoms with van der Waals surface area (Å²) in [6.07, 6.45) is 2.33. The smallest absolute Gasteiger partial charge is 0.0682 e. The van der Waals surface area contributed by atoms with Gasteiger partial charge < -0.3 is 4.90 Å². The molecular formula is C22H24ClNS. The Morgan fingerprint density at radius 3 is 2.40 bits per heavy atom. The van der Waals surface area contributed by atoms with Crippen LogP contribution >= 0.6 is 23.4 Å². The molecule has 2 aliphatic rings. The number of thioether (sulfide) groups is 1. The second-order valence-electron chi connectivity index (χ2n) is 7.33. The summed E-state index contributed by atoms with van der Waals surface area (Å²) in [6, 6.07) is 15.3. The number of fused-ring (bicyclic) bond motifs is 1. The van der Waals surface area contributed by atoms with E-state index in [4.69, 9.17) is 11.6 Å². The molecule has 25 heavy (non-hydrogen) atoms. The van der Waals surface area contributed by atoms with E-state index in [9.17, 15) is 0 Å². The average Bonchev–Trinajstić information content (AvgIpc) is 2.94. The normalized spacial score (nSPS) is 23.8. The molecule has 1 saturated heterocycles. The zero-order valence-electron chi connectivity index (χ0n) is 15.1. The van der Waals surface area contributed by atoms with Gasteiger partial charge in [0.25, 0.3) is 0 Å². The Morgan fingerprint density at radius 1 is 1.04 bits per heavy atom. The molecule has 1 fully saturated rings. The minimum atomic E-state index is -0.0374. The number of benzene rings is 2. The quantitative estimate of drug-likeness (QED) is 0.593.